The Morgan fingerprint density at radius 1 is 0.741 bits per heavy atom. The molecule has 2 aromatic heterocycles. The van der Waals surface area contributed by atoms with Crippen LogP contribution in [0.25, 0.3) is 17.0 Å². The van der Waals surface area contributed by atoms with E-state index < -0.39 is 53.7 Å². The van der Waals surface area contributed by atoms with Crippen molar-refractivity contribution in [3.05, 3.63) is 126 Å². The van der Waals surface area contributed by atoms with Gasteiger partial charge in [0.15, 0.2) is 5.96 Å². The number of aliphatic imine (C=N–C) groups is 1. The zero-order valence-electron chi connectivity index (χ0n) is 31.6. The van der Waals surface area contributed by atoms with Crippen LogP contribution in [0.15, 0.2) is 109 Å². The molecule has 58 heavy (non-hydrogen) atoms. The summed E-state index contributed by atoms with van der Waals surface area (Å²) in [5, 5.41) is 21.4. The van der Waals surface area contributed by atoms with Gasteiger partial charge in [0.1, 0.15) is 29.9 Å². The summed E-state index contributed by atoms with van der Waals surface area (Å²) in [5.41, 5.74) is 20.2. The number of imidazole rings is 1. The Labute approximate surface area is 334 Å². The van der Waals surface area contributed by atoms with Crippen LogP contribution in [0.2, 0.25) is 0 Å². The maximum Gasteiger partial charge on any atom is 0.244 e. The molecule has 17 nitrogen and oxygen atoms in total. The minimum Gasteiger partial charge on any atom is -0.508 e. The molecule has 3 aromatic carbocycles. The highest BCUT2D eigenvalue weighted by Crippen LogP contribution is 2.19. The number of amides is 5. The van der Waals surface area contributed by atoms with E-state index in [-0.39, 0.29) is 50.4 Å². The Balaban J connectivity index is 1.36. The Hall–Kier alpha value is -7.43. The standard InChI is InChI=1S/C41H47N11O6/c42-37(55)33(20-27-22-47-31-10-5-4-9-30(27)31)51-38(56)32(11-6-18-46-41(43)44)50-39(57)34(19-26-7-2-1-3-8-26)52-40(58)35(21-28-23-45-24-48-28)49-36(54)17-14-25-12-15-29(53)16-13-25/h1-5,7-10,12-17,22-24,32-35,47,53H,6,11,18-21H2,(H2,42,55)(H,45,48)(H,49,54)(H,50,57)(H,51,56)(H,52,58)(H4,43,44,46)/b17-14+/t32-,33-,34+,35-/m0/s1. The molecular weight excluding hydrogens is 743 g/mol. The van der Waals surface area contributed by atoms with Gasteiger partial charge < -0.3 is 53.5 Å². The molecule has 17 heteroatoms. The lowest BCUT2D eigenvalue weighted by Crippen LogP contribution is -2.59. The number of nitrogens with zero attached hydrogens (tertiary/aromatic N) is 2. The van der Waals surface area contributed by atoms with Crippen molar-refractivity contribution in [1.82, 2.24) is 36.2 Å². The van der Waals surface area contributed by atoms with Crippen LogP contribution in [-0.2, 0) is 43.2 Å². The lowest BCUT2D eigenvalue weighted by molar-refractivity contribution is -0.134. The fourth-order valence-electron chi connectivity index (χ4n) is 6.19. The number of H-pyrrole nitrogens is 2. The summed E-state index contributed by atoms with van der Waals surface area (Å²) in [6.45, 7) is 0.150. The van der Waals surface area contributed by atoms with E-state index in [9.17, 15) is 29.1 Å². The highest BCUT2D eigenvalue weighted by Gasteiger charge is 2.31. The van der Waals surface area contributed by atoms with E-state index in [4.69, 9.17) is 17.2 Å². The molecule has 0 saturated carbocycles. The molecule has 5 amide bonds. The van der Waals surface area contributed by atoms with Crippen LogP contribution >= 0.6 is 0 Å². The van der Waals surface area contributed by atoms with E-state index in [2.05, 4.69) is 41.2 Å². The lowest BCUT2D eigenvalue weighted by Gasteiger charge is -2.26. The maximum absolute atomic E-state index is 14.2. The normalized spacial score (nSPS) is 13.2. The van der Waals surface area contributed by atoms with Crippen LogP contribution in [0, 0.1) is 0 Å². The van der Waals surface area contributed by atoms with E-state index in [1.54, 1.807) is 48.7 Å². The maximum atomic E-state index is 14.2. The van der Waals surface area contributed by atoms with Crippen molar-refractivity contribution in [2.24, 2.45) is 22.2 Å². The number of rotatable bonds is 20. The molecular formula is C41H47N11O6. The van der Waals surface area contributed by atoms with E-state index in [0.717, 1.165) is 16.5 Å². The van der Waals surface area contributed by atoms with Gasteiger partial charge in [0.05, 0.1) is 6.33 Å². The highest BCUT2D eigenvalue weighted by atomic mass is 16.3. The number of phenols is 1. The highest BCUT2D eigenvalue weighted by molar-refractivity contribution is 5.98. The van der Waals surface area contributed by atoms with Crippen molar-refractivity contribution in [3.8, 4) is 5.75 Å². The fourth-order valence-corrected chi connectivity index (χ4v) is 6.19. The van der Waals surface area contributed by atoms with Crippen LogP contribution in [0.1, 0.15) is 35.2 Å². The third-order valence-corrected chi connectivity index (χ3v) is 9.18. The molecule has 302 valence electrons. The van der Waals surface area contributed by atoms with Crippen molar-refractivity contribution in [2.75, 3.05) is 6.54 Å². The first-order chi connectivity index (χ1) is 27.9. The molecule has 4 atom stereocenters. The number of aromatic hydroxyl groups is 1. The van der Waals surface area contributed by atoms with Gasteiger partial charge in [-0.25, -0.2) is 4.98 Å². The number of nitrogens with two attached hydrogens (primary N) is 3. The molecule has 0 unspecified atom stereocenters. The molecule has 0 spiro atoms. The van der Waals surface area contributed by atoms with E-state index in [1.165, 1.54) is 36.8 Å². The van der Waals surface area contributed by atoms with Crippen molar-refractivity contribution in [3.63, 3.8) is 0 Å². The number of hydrogen-bond donors (Lipinski definition) is 10. The number of carbonyl (C=O) groups is 5. The number of aromatic amines is 2. The molecule has 2 heterocycles. The van der Waals surface area contributed by atoms with Crippen LogP contribution in [-0.4, -0.2) is 86.3 Å². The number of hydrogen-bond acceptors (Lipinski definition) is 8. The average Bonchev–Trinajstić information content (AvgIpc) is 3.88. The Morgan fingerprint density at radius 2 is 1.40 bits per heavy atom. The summed E-state index contributed by atoms with van der Waals surface area (Å²) < 4.78 is 0. The smallest absolute Gasteiger partial charge is 0.244 e. The van der Waals surface area contributed by atoms with E-state index in [1.807, 2.05) is 24.3 Å². The summed E-state index contributed by atoms with van der Waals surface area (Å²) in [7, 11) is 0. The number of carbonyl (C=O) groups excluding carboxylic acids is 5. The van der Waals surface area contributed by atoms with Crippen LogP contribution in [0.5, 0.6) is 5.75 Å². The Bertz CT molecular complexity index is 2220. The topological polar surface area (TPSA) is 289 Å². The Morgan fingerprint density at radius 3 is 2.09 bits per heavy atom. The SMILES string of the molecule is NC(=O)[C@H](Cc1c[nH]c2ccccc12)NC(=O)[C@H](CCCN=C(N)N)NC(=O)[C@@H](Cc1ccccc1)NC(=O)[C@H](Cc1cnc[nH]1)NC(=O)/C=C/c1ccc(O)cc1. The van der Waals surface area contributed by atoms with Gasteiger partial charge in [0, 0.05) is 60.9 Å². The first-order valence-electron chi connectivity index (χ1n) is 18.5. The second kappa shape index (κ2) is 20.5. The first-order valence-corrected chi connectivity index (χ1v) is 18.5. The van der Waals surface area contributed by atoms with Gasteiger partial charge in [0.2, 0.25) is 29.5 Å². The van der Waals surface area contributed by atoms with Gasteiger partial charge in [0.25, 0.3) is 0 Å². The number of fused-ring (bicyclic) bond motifs is 1. The molecule has 5 rings (SSSR count). The van der Waals surface area contributed by atoms with Gasteiger partial charge in [-0.1, -0.05) is 60.7 Å². The second-order valence-electron chi connectivity index (χ2n) is 13.6. The van der Waals surface area contributed by atoms with Crippen LogP contribution in [0.4, 0.5) is 0 Å². The number of aromatic nitrogens is 3. The molecule has 0 aliphatic heterocycles. The number of nitrogens with one attached hydrogen (secondary N) is 6. The third kappa shape index (κ3) is 12.6. The summed E-state index contributed by atoms with van der Waals surface area (Å²) in [5.74, 6) is -3.51. The molecule has 0 aliphatic carbocycles. The zero-order valence-corrected chi connectivity index (χ0v) is 31.6. The van der Waals surface area contributed by atoms with Crippen LogP contribution < -0.4 is 38.5 Å². The van der Waals surface area contributed by atoms with Crippen molar-refractivity contribution < 1.29 is 29.1 Å². The minimum atomic E-state index is -1.23. The summed E-state index contributed by atoms with van der Waals surface area (Å²) >= 11 is 0. The number of benzene rings is 3. The molecule has 0 radical (unpaired) electrons. The molecule has 13 N–H and O–H groups in total. The summed E-state index contributed by atoms with van der Waals surface area (Å²) in [4.78, 5) is 81.9. The Kier molecular flexibility index (Phi) is 14.7. The monoisotopic (exact) mass is 789 g/mol. The average molecular weight is 790 g/mol. The van der Waals surface area contributed by atoms with Crippen molar-refractivity contribution in [1.29, 1.82) is 0 Å². The van der Waals surface area contributed by atoms with Gasteiger partial charge in [-0.2, -0.15) is 0 Å². The second-order valence-corrected chi connectivity index (χ2v) is 13.6. The van der Waals surface area contributed by atoms with Gasteiger partial charge in [-0.05, 0) is 53.8 Å². The zero-order chi connectivity index (χ0) is 41.4. The fraction of sp³-hybridized carbons (Fsp3) is 0.244. The van der Waals surface area contributed by atoms with Crippen LogP contribution in [0.3, 0.4) is 0 Å². The summed E-state index contributed by atoms with van der Waals surface area (Å²) in [6, 6.07) is 17.9. The third-order valence-electron chi connectivity index (χ3n) is 9.18. The molecule has 0 saturated heterocycles. The number of primary amides is 1. The first kappa shape index (κ1) is 41.7. The largest absolute Gasteiger partial charge is 0.508 e. The number of phenolic OH excluding ortho intramolecular Hbond substituents is 1. The predicted molar refractivity (Wildman–Crippen MR) is 218 cm³/mol. The number of guanidine groups is 1. The van der Waals surface area contributed by atoms with Gasteiger partial charge >= 0.3 is 0 Å². The molecule has 0 bridgehead atoms. The lowest BCUT2D eigenvalue weighted by atomic mass is 10.0. The molecule has 0 aliphatic rings. The minimum absolute atomic E-state index is 0.00502. The quantitative estimate of drug-likeness (QED) is 0.0231. The molecule has 0 fully saturated rings. The number of para-hydroxylation sites is 1. The van der Waals surface area contributed by atoms with Gasteiger partial charge in [-0.3, -0.25) is 29.0 Å². The van der Waals surface area contributed by atoms with Crippen molar-refractivity contribution in [2.45, 2.75) is 56.3 Å². The summed E-state index contributed by atoms with van der Waals surface area (Å²) in [6.07, 6.45) is 7.90. The van der Waals surface area contributed by atoms with E-state index in [0.29, 0.717) is 16.8 Å². The van der Waals surface area contributed by atoms with E-state index >= 15 is 0 Å². The predicted octanol–water partition coefficient (Wildman–Crippen LogP) is 0.816. The van der Waals surface area contributed by atoms with Gasteiger partial charge in [-0.15, -0.1) is 0 Å². The molecule has 5 aromatic rings. The van der Waals surface area contributed by atoms with Crippen molar-refractivity contribution >= 4 is 52.5 Å².